The molecule has 1 aliphatic rings. The molecular weight excluding hydrogens is 268 g/mol. The summed E-state index contributed by atoms with van der Waals surface area (Å²) < 4.78 is 7.09. The second-order valence-corrected chi connectivity index (χ2v) is 5.06. The number of hydrogen-bond acceptors (Lipinski definition) is 6. The number of nitrogens with one attached hydrogen (secondary N) is 1. The molecule has 0 aromatic carbocycles. The Kier molecular flexibility index (Phi) is 4.42. The molecule has 7 heteroatoms. The van der Waals surface area contributed by atoms with E-state index >= 15 is 0 Å². The third-order valence-electron chi connectivity index (χ3n) is 3.58. The molecule has 2 aromatic heterocycles. The Balaban J connectivity index is 1.57. The van der Waals surface area contributed by atoms with Crippen molar-refractivity contribution < 1.29 is 4.74 Å². The molecule has 0 aliphatic carbocycles. The van der Waals surface area contributed by atoms with Crippen molar-refractivity contribution in [3.05, 3.63) is 36.0 Å². The molecule has 1 N–H and O–H groups in total. The zero-order valence-electron chi connectivity index (χ0n) is 12.2. The molecule has 21 heavy (non-hydrogen) atoms. The summed E-state index contributed by atoms with van der Waals surface area (Å²) in [5.41, 5.74) is 1.18. The lowest BCUT2D eigenvalue weighted by molar-refractivity contribution is 0.199. The van der Waals surface area contributed by atoms with Gasteiger partial charge in [0.15, 0.2) is 5.82 Å². The fraction of sp³-hybridized carbons (Fsp3) is 0.500. The zero-order valence-corrected chi connectivity index (χ0v) is 12.2. The number of hydrogen-bond donors (Lipinski definition) is 1. The van der Waals surface area contributed by atoms with Gasteiger partial charge in [0.2, 0.25) is 0 Å². The van der Waals surface area contributed by atoms with E-state index in [1.807, 2.05) is 6.20 Å². The van der Waals surface area contributed by atoms with E-state index in [2.05, 4.69) is 42.1 Å². The van der Waals surface area contributed by atoms with Crippen LogP contribution in [0.25, 0.3) is 0 Å². The molecule has 0 bridgehead atoms. The molecule has 0 radical (unpaired) electrons. The fourth-order valence-corrected chi connectivity index (χ4v) is 2.38. The van der Waals surface area contributed by atoms with Crippen LogP contribution in [0.3, 0.4) is 0 Å². The van der Waals surface area contributed by atoms with Gasteiger partial charge in [-0.15, -0.1) is 10.2 Å². The van der Waals surface area contributed by atoms with Crippen molar-refractivity contribution >= 4 is 5.82 Å². The van der Waals surface area contributed by atoms with Crippen LogP contribution in [-0.2, 0) is 24.4 Å². The lowest BCUT2D eigenvalue weighted by Gasteiger charge is -2.28. The van der Waals surface area contributed by atoms with Crippen molar-refractivity contribution in [2.24, 2.45) is 0 Å². The van der Waals surface area contributed by atoms with E-state index in [0.717, 1.165) is 51.0 Å². The summed E-state index contributed by atoms with van der Waals surface area (Å²) in [5.74, 6) is 1.98. The highest BCUT2D eigenvalue weighted by molar-refractivity contribution is 5.40. The summed E-state index contributed by atoms with van der Waals surface area (Å²) in [6, 6.07) is 4.18. The Morgan fingerprint density at radius 1 is 1.33 bits per heavy atom. The molecule has 0 unspecified atom stereocenters. The summed E-state index contributed by atoms with van der Waals surface area (Å²) in [6.45, 7) is 4.98. The van der Waals surface area contributed by atoms with Crippen molar-refractivity contribution in [3.63, 3.8) is 0 Å². The van der Waals surface area contributed by atoms with E-state index < -0.39 is 0 Å². The number of nitrogens with zero attached hydrogens (tertiary/aromatic N) is 5. The van der Waals surface area contributed by atoms with Gasteiger partial charge in [-0.25, -0.2) is 4.98 Å². The van der Waals surface area contributed by atoms with Crippen molar-refractivity contribution in [2.45, 2.75) is 19.6 Å². The number of anilines is 1. The monoisotopic (exact) mass is 288 g/mol. The Morgan fingerprint density at radius 3 is 3.10 bits per heavy atom. The van der Waals surface area contributed by atoms with E-state index in [1.165, 1.54) is 5.56 Å². The quantitative estimate of drug-likeness (QED) is 0.778. The molecule has 0 saturated heterocycles. The van der Waals surface area contributed by atoms with Crippen LogP contribution in [0.4, 0.5) is 5.82 Å². The zero-order chi connectivity index (χ0) is 14.5. The minimum atomic E-state index is 0.722. The van der Waals surface area contributed by atoms with Crippen molar-refractivity contribution in [2.75, 3.05) is 31.7 Å². The highest BCUT2D eigenvalue weighted by Crippen LogP contribution is 2.17. The second kappa shape index (κ2) is 6.64. The number of rotatable bonds is 6. The minimum absolute atomic E-state index is 0.722. The van der Waals surface area contributed by atoms with Crippen LogP contribution in [0, 0.1) is 0 Å². The maximum atomic E-state index is 5.00. The SMILES string of the molecule is COCCNCc1ccc(N2CCn3cnnc3C2)nc1. The fourth-order valence-electron chi connectivity index (χ4n) is 2.38. The third kappa shape index (κ3) is 3.37. The minimum Gasteiger partial charge on any atom is -0.383 e. The molecule has 3 rings (SSSR count). The number of fused-ring (bicyclic) bond motifs is 1. The lowest BCUT2D eigenvalue weighted by atomic mass is 10.2. The molecule has 1 aliphatic heterocycles. The van der Waals surface area contributed by atoms with E-state index in [0.29, 0.717) is 0 Å². The van der Waals surface area contributed by atoms with E-state index in [1.54, 1.807) is 13.4 Å². The summed E-state index contributed by atoms with van der Waals surface area (Å²) >= 11 is 0. The third-order valence-corrected chi connectivity index (χ3v) is 3.58. The van der Waals surface area contributed by atoms with Gasteiger partial charge in [-0.1, -0.05) is 6.07 Å². The number of ether oxygens (including phenoxy) is 1. The molecule has 0 amide bonds. The molecule has 0 spiro atoms. The molecule has 0 saturated carbocycles. The Morgan fingerprint density at radius 2 is 2.29 bits per heavy atom. The van der Waals surface area contributed by atoms with Gasteiger partial charge in [-0.05, 0) is 11.6 Å². The van der Waals surface area contributed by atoms with Gasteiger partial charge in [0.05, 0.1) is 13.2 Å². The topological polar surface area (TPSA) is 68.1 Å². The highest BCUT2D eigenvalue weighted by atomic mass is 16.5. The van der Waals surface area contributed by atoms with Crippen LogP contribution in [0.15, 0.2) is 24.7 Å². The standard InChI is InChI=1S/C14H20N6O/c1-21-7-4-15-8-12-2-3-13(16-9-12)19-5-6-20-11-17-18-14(20)10-19/h2-3,9,11,15H,4-8,10H2,1H3. The first-order valence-corrected chi connectivity index (χ1v) is 7.13. The Labute approximate surface area is 124 Å². The van der Waals surface area contributed by atoms with Crippen LogP contribution in [0.1, 0.15) is 11.4 Å². The van der Waals surface area contributed by atoms with Gasteiger partial charge in [-0.2, -0.15) is 0 Å². The van der Waals surface area contributed by atoms with Crippen LogP contribution in [0.5, 0.6) is 0 Å². The van der Waals surface area contributed by atoms with Gasteiger partial charge in [0, 0.05) is 39.5 Å². The summed E-state index contributed by atoms with van der Waals surface area (Å²) in [4.78, 5) is 6.78. The normalized spacial score (nSPS) is 14.2. The first-order chi connectivity index (χ1) is 10.4. The van der Waals surface area contributed by atoms with Gasteiger partial charge >= 0.3 is 0 Å². The number of aromatic nitrogens is 4. The average Bonchev–Trinajstić information content (AvgIpc) is 3.00. The Bertz CT molecular complexity index is 567. The summed E-state index contributed by atoms with van der Waals surface area (Å²) in [5, 5.41) is 11.4. The molecular formula is C14H20N6O. The van der Waals surface area contributed by atoms with Crippen molar-refractivity contribution in [1.29, 1.82) is 0 Å². The van der Waals surface area contributed by atoms with E-state index in [9.17, 15) is 0 Å². The molecule has 112 valence electrons. The van der Waals surface area contributed by atoms with Crippen molar-refractivity contribution in [1.82, 2.24) is 25.1 Å². The smallest absolute Gasteiger partial charge is 0.152 e. The maximum absolute atomic E-state index is 5.00. The largest absolute Gasteiger partial charge is 0.383 e. The number of pyridine rings is 1. The summed E-state index contributed by atoms with van der Waals surface area (Å²) in [7, 11) is 1.71. The van der Waals surface area contributed by atoms with Crippen LogP contribution < -0.4 is 10.2 Å². The molecule has 7 nitrogen and oxygen atoms in total. The van der Waals surface area contributed by atoms with Crippen LogP contribution in [0.2, 0.25) is 0 Å². The van der Waals surface area contributed by atoms with E-state index in [-0.39, 0.29) is 0 Å². The van der Waals surface area contributed by atoms with Gasteiger partial charge in [0.25, 0.3) is 0 Å². The average molecular weight is 288 g/mol. The molecule has 0 fully saturated rings. The predicted molar refractivity (Wildman–Crippen MR) is 78.9 cm³/mol. The summed E-state index contributed by atoms with van der Waals surface area (Å²) in [6.07, 6.45) is 3.71. The lowest BCUT2D eigenvalue weighted by Crippen LogP contribution is -2.34. The second-order valence-electron chi connectivity index (χ2n) is 5.06. The van der Waals surface area contributed by atoms with Gasteiger partial charge < -0.3 is 19.5 Å². The van der Waals surface area contributed by atoms with Crippen molar-refractivity contribution in [3.8, 4) is 0 Å². The van der Waals surface area contributed by atoms with E-state index in [4.69, 9.17) is 4.74 Å². The van der Waals surface area contributed by atoms with Gasteiger partial charge in [0.1, 0.15) is 12.1 Å². The van der Waals surface area contributed by atoms with Crippen LogP contribution >= 0.6 is 0 Å². The predicted octanol–water partition coefficient (Wildman–Crippen LogP) is 0.429. The highest BCUT2D eigenvalue weighted by Gasteiger charge is 2.18. The first kappa shape index (κ1) is 14.0. The first-order valence-electron chi connectivity index (χ1n) is 7.13. The molecule has 2 aromatic rings. The molecule has 0 atom stereocenters. The maximum Gasteiger partial charge on any atom is 0.152 e. The van der Waals surface area contributed by atoms with Crippen LogP contribution in [-0.4, -0.2) is 46.6 Å². The number of methoxy groups -OCH3 is 1. The Hall–Kier alpha value is -1.99. The molecule has 3 heterocycles. The van der Waals surface area contributed by atoms with Gasteiger partial charge in [-0.3, -0.25) is 0 Å².